The monoisotopic (exact) mass is 363 g/mol. The third-order valence-electron chi connectivity index (χ3n) is 3.51. The summed E-state index contributed by atoms with van der Waals surface area (Å²) in [6.45, 7) is 0. The first kappa shape index (κ1) is 17.0. The second-order valence-corrected chi connectivity index (χ2v) is 6.52. The third-order valence-corrected chi connectivity index (χ3v) is 4.53. The van der Waals surface area contributed by atoms with E-state index in [2.05, 4.69) is 4.98 Å². The van der Waals surface area contributed by atoms with Gasteiger partial charge in [0, 0.05) is 6.42 Å². The van der Waals surface area contributed by atoms with Crippen LogP contribution in [0.25, 0.3) is 10.2 Å². The normalized spacial score (nSPS) is 11.0. The summed E-state index contributed by atoms with van der Waals surface area (Å²) < 4.78 is 27.5. The molecule has 0 aliphatic rings. The molecule has 0 unspecified atom stereocenters. The van der Waals surface area contributed by atoms with Crippen LogP contribution >= 0.6 is 11.3 Å². The third kappa shape index (κ3) is 3.63. The fourth-order valence-corrected chi connectivity index (χ4v) is 3.50. The van der Waals surface area contributed by atoms with E-state index in [0.29, 0.717) is 20.8 Å². The van der Waals surface area contributed by atoms with Crippen LogP contribution in [-0.2, 0) is 17.6 Å². The second-order valence-electron chi connectivity index (χ2n) is 5.41. The first-order valence-electron chi connectivity index (χ1n) is 7.15. The molecule has 0 aliphatic heterocycles. The number of thiazole rings is 1. The smallest absolute Gasteiger partial charge is 0.335 e. The summed E-state index contributed by atoms with van der Waals surface area (Å²) in [6.07, 6.45) is -0.123. The molecular formula is C17H11F2NO4S. The first-order chi connectivity index (χ1) is 11.8. The van der Waals surface area contributed by atoms with E-state index in [1.165, 1.54) is 29.5 Å². The van der Waals surface area contributed by atoms with Gasteiger partial charge in [0.1, 0.15) is 5.52 Å². The Morgan fingerprint density at radius 1 is 1.08 bits per heavy atom. The largest absolute Gasteiger partial charge is 0.481 e. The lowest BCUT2D eigenvalue weighted by molar-refractivity contribution is -0.136. The van der Waals surface area contributed by atoms with Gasteiger partial charge in [0.2, 0.25) is 0 Å². The van der Waals surface area contributed by atoms with Gasteiger partial charge in [-0.2, -0.15) is 0 Å². The predicted octanol–water partition coefficient (Wildman–Crippen LogP) is 3.49. The number of carboxylic acids is 2. The van der Waals surface area contributed by atoms with Gasteiger partial charge in [0.05, 0.1) is 21.7 Å². The maximum atomic E-state index is 13.8. The number of carboxylic acid groups (broad SMARTS) is 2. The second kappa shape index (κ2) is 6.56. The number of fused-ring (bicyclic) bond motifs is 1. The molecule has 8 heteroatoms. The van der Waals surface area contributed by atoms with E-state index in [-0.39, 0.29) is 23.9 Å². The van der Waals surface area contributed by atoms with Crippen LogP contribution in [0.15, 0.2) is 30.3 Å². The highest BCUT2D eigenvalue weighted by Crippen LogP contribution is 2.27. The number of aliphatic carboxylic acids is 1. The molecule has 0 fully saturated rings. The van der Waals surface area contributed by atoms with Crippen molar-refractivity contribution in [2.45, 2.75) is 12.8 Å². The summed E-state index contributed by atoms with van der Waals surface area (Å²) in [5.74, 6) is -4.26. The molecule has 1 heterocycles. The van der Waals surface area contributed by atoms with E-state index in [0.717, 1.165) is 6.07 Å². The van der Waals surface area contributed by atoms with Crippen molar-refractivity contribution in [1.29, 1.82) is 0 Å². The lowest BCUT2D eigenvalue weighted by atomic mass is 10.0. The summed E-state index contributed by atoms with van der Waals surface area (Å²) >= 11 is 1.17. The highest BCUT2D eigenvalue weighted by atomic mass is 32.1. The van der Waals surface area contributed by atoms with Gasteiger partial charge in [-0.1, -0.05) is 6.07 Å². The summed E-state index contributed by atoms with van der Waals surface area (Å²) in [5, 5.41) is 18.5. The number of rotatable bonds is 5. The summed E-state index contributed by atoms with van der Waals surface area (Å²) in [6, 6.07) is 6.74. The minimum Gasteiger partial charge on any atom is -0.481 e. The average Bonchev–Trinajstić information content (AvgIpc) is 2.93. The average molecular weight is 363 g/mol. The molecule has 0 atom stereocenters. The van der Waals surface area contributed by atoms with Gasteiger partial charge in [-0.25, -0.2) is 18.6 Å². The molecule has 5 nitrogen and oxygen atoms in total. The summed E-state index contributed by atoms with van der Waals surface area (Å²) in [7, 11) is 0. The molecule has 0 amide bonds. The number of aromatic nitrogens is 1. The standard InChI is InChI=1S/C17H11F2NO4S/c18-11-1-2-12-16(15(11)19)20-13(25-12)6-8-3-9(7-14(21)22)5-10(4-8)17(23)24/h1-5H,6-7H2,(H,21,22)(H,23,24). The Morgan fingerprint density at radius 2 is 1.80 bits per heavy atom. The van der Waals surface area contributed by atoms with Crippen molar-refractivity contribution < 1.29 is 28.6 Å². The molecule has 2 N–H and O–H groups in total. The van der Waals surface area contributed by atoms with Crippen molar-refractivity contribution >= 4 is 33.5 Å². The van der Waals surface area contributed by atoms with Crippen molar-refractivity contribution in [2.24, 2.45) is 0 Å². The Balaban J connectivity index is 1.99. The molecule has 0 aliphatic carbocycles. The quantitative estimate of drug-likeness (QED) is 0.725. The van der Waals surface area contributed by atoms with Crippen LogP contribution in [0.3, 0.4) is 0 Å². The van der Waals surface area contributed by atoms with Crippen LogP contribution in [0.1, 0.15) is 26.5 Å². The molecule has 0 radical (unpaired) electrons. The van der Waals surface area contributed by atoms with Crippen LogP contribution in [0.5, 0.6) is 0 Å². The van der Waals surface area contributed by atoms with Crippen molar-refractivity contribution in [3.8, 4) is 0 Å². The number of halogens is 2. The fourth-order valence-electron chi connectivity index (χ4n) is 2.50. The number of benzene rings is 2. The zero-order chi connectivity index (χ0) is 18.1. The molecule has 3 aromatic rings. The van der Waals surface area contributed by atoms with Gasteiger partial charge in [-0.3, -0.25) is 4.79 Å². The van der Waals surface area contributed by atoms with E-state index < -0.39 is 23.6 Å². The van der Waals surface area contributed by atoms with Crippen LogP contribution in [-0.4, -0.2) is 27.1 Å². The van der Waals surface area contributed by atoms with Gasteiger partial charge >= 0.3 is 11.9 Å². The molecule has 0 saturated carbocycles. The minimum atomic E-state index is -1.18. The lowest BCUT2D eigenvalue weighted by Crippen LogP contribution is -2.05. The van der Waals surface area contributed by atoms with Crippen molar-refractivity contribution in [2.75, 3.05) is 0 Å². The Labute approximate surface area is 144 Å². The van der Waals surface area contributed by atoms with Gasteiger partial charge < -0.3 is 10.2 Å². The Bertz CT molecular complexity index is 1000. The topological polar surface area (TPSA) is 87.5 Å². The number of carbonyl (C=O) groups is 2. The summed E-state index contributed by atoms with van der Waals surface area (Å²) in [4.78, 5) is 26.2. The number of hydrogen-bond acceptors (Lipinski definition) is 4. The fraction of sp³-hybridized carbons (Fsp3) is 0.118. The van der Waals surface area contributed by atoms with Gasteiger partial charge in [-0.15, -0.1) is 11.3 Å². The molecule has 25 heavy (non-hydrogen) atoms. The number of nitrogens with zero attached hydrogens (tertiary/aromatic N) is 1. The van der Waals surface area contributed by atoms with Crippen molar-refractivity contribution in [1.82, 2.24) is 4.98 Å². The van der Waals surface area contributed by atoms with E-state index in [1.807, 2.05) is 0 Å². The molecule has 128 valence electrons. The van der Waals surface area contributed by atoms with Crippen LogP contribution < -0.4 is 0 Å². The highest BCUT2D eigenvalue weighted by Gasteiger charge is 2.14. The maximum Gasteiger partial charge on any atom is 0.335 e. The van der Waals surface area contributed by atoms with Crippen molar-refractivity contribution in [3.63, 3.8) is 0 Å². The summed E-state index contributed by atoms with van der Waals surface area (Å²) in [5.41, 5.74) is 0.782. The molecule has 1 aromatic heterocycles. The zero-order valence-corrected chi connectivity index (χ0v) is 13.4. The van der Waals surface area contributed by atoms with E-state index in [1.54, 1.807) is 6.07 Å². The Hall–Kier alpha value is -2.87. The predicted molar refractivity (Wildman–Crippen MR) is 87.1 cm³/mol. The molecular weight excluding hydrogens is 352 g/mol. The van der Waals surface area contributed by atoms with Crippen LogP contribution in [0.2, 0.25) is 0 Å². The SMILES string of the molecule is O=C(O)Cc1cc(Cc2nc3c(F)c(F)ccc3s2)cc(C(=O)O)c1. The van der Waals surface area contributed by atoms with Crippen molar-refractivity contribution in [3.05, 3.63) is 63.7 Å². The number of aromatic carboxylic acids is 1. The molecule has 3 rings (SSSR count). The molecule has 0 saturated heterocycles. The highest BCUT2D eigenvalue weighted by molar-refractivity contribution is 7.18. The number of hydrogen-bond donors (Lipinski definition) is 2. The van der Waals surface area contributed by atoms with Gasteiger partial charge in [0.15, 0.2) is 11.6 Å². The van der Waals surface area contributed by atoms with Gasteiger partial charge in [0.25, 0.3) is 0 Å². The molecule has 0 spiro atoms. The Kier molecular flexibility index (Phi) is 4.45. The molecule has 0 bridgehead atoms. The lowest BCUT2D eigenvalue weighted by Gasteiger charge is -2.05. The van der Waals surface area contributed by atoms with E-state index in [9.17, 15) is 18.4 Å². The van der Waals surface area contributed by atoms with E-state index in [4.69, 9.17) is 10.2 Å². The zero-order valence-electron chi connectivity index (χ0n) is 12.6. The van der Waals surface area contributed by atoms with Crippen LogP contribution in [0.4, 0.5) is 8.78 Å². The van der Waals surface area contributed by atoms with Crippen LogP contribution in [0, 0.1) is 11.6 Å². The Morgan fingerprint density at radius 3 is 2.48 bits per heavy atom. The van der Waals surface area contributed by atoms with E-state index >= 15 is 0 Å². The molecule has 2 aromatic carbocycles. The first-order valence-corrected chi connectivity index (χ1v) is 7.96. The van der Waals surface area contributed by atoms with Gasteiger partial charge in [-0.05, 0) is 35.4 Å². The maximum absolute atomic E-state index is 13.8. The minimum absolute atomic E-state index is 0.0351.